The smallest absolute Gasteiger partial charge is 0.217 e. The van der Waals surface area contributed by atoms with E-state index in [2.05, 4.69) is 32.0 Å². The van der Waals surface area contributed by atoms with Crippen LogP contribution < -0.4 is 10.6 Å². The van der Waals surface area contributed by atoms with E-state index in [0.29, 0.717) is 6.04 Å². The van der Waals surface area contributed by atoms with E-state index >= 15 is 0 Å². The highest BCUT2D eigenvalue weighted by atomic mass is 32.1. The lowest BCUT2D eigenvalue weighted by atomic mass is 10.0. The van der Waals surface area contributed by atoms with Gasteiger partial charge in [0.15, 0.2) is 0 Å². The normalized spacial score (nSPS) is 17.1. The number of hydrogen-bond donors (Lipinski definition) is 2. The molecule has 0 spiro atoms. The summed E-state index contributed by atoms with van der Waals surface area (Å²) in [6, 6.07) is 0.329. The second-order valence-electron chi connectivity index (χ2n) is 5.23. The first-order chi connectivity index (χ1) is 9.69. The molecule has 112 valence electrons. The number of nitrogens with one attached hydrogen (secondary N) is 2. The molecule has 0 radical (unpaired) electrons. The SMILES string of the molecule is CCCNc1snnc1CN1CCC(NC(C)=O)CC1. The third-order valence-corrected chi connectivity index (χ3v) is 4.19. The number of aromatic nitrogens is 2. The van der Waals surface area contributed by atoms with E-state index in [1.165, 1.54) is 11.5 Å². The second kappa shape index (κ2) is 7.54. The predicted molar refractivity (Wildman–Crippen MR) is 80.8 cm³/mol. The van der Waals surface area contributed by atoms with Crippen molar-refractivity contribution in [3.05, 3.63) is 5.69 Å². The van der Waals surface area contributed by atoms with Gasteiger partial charge in [-0.05, 0) is 19.3 Å². The Balaban J connectivity index is 1.80. The monoisotopic (exact) mass is 297 g/mol. The number of amides is 1. The van der Waals surface area contributed by atoms with E-state index in [-0.39, 0.29) is 5.91 Å². The fourth-order valence-electron chi connectivity index (χ4n) is 2.42. The van der Waals surface area contributed by atoms with Gasteiger partial charge in [0.25, 0.3) is 0 Å². The Morgan fingerprint density at radius 3 is 2.85 bits per heavy atom. The minimum absolute atomic E-state index is 0.0678. The molecule has 1 fully saturated rings. The minimum atomic E-state index is 0.0678. The number of rotatable bonds is 6. The summed E-state index contributed by atoms with van der Waals surface area (Å²) in [6.07, 6.45) is 3.11. The molecule has 2 heterocycles. The molecule has 0 aliphatic carbocycles. The van der Waals surface area contributed by atoms with Crippen molar-refractivity contribution in [1.82, 2.24) is 19.8 Å². The summed E-state index contributed by atoms with van der Waals surface area (Å²) in [5.74, 6) is 0.0678. The summed E-state index contributed by atoms with van der Waals surface area (Å²) in [4.78, 5) is 13.4. The quantitative estimate of drug-likeness (QED) is 0.832. The number of anilines is 1. The van der Waals surface area contributed by atoms with Gasteiger partial charge in [-0.25, -0.2) is 0 Å². The van der Waals surface area contributed by atoms with Gasteiger partial charge in [-0.3, -0.25) is 9.69 Å². The summed E-state index contributed by atoms with van der Waals surface area (Å²) < 4.78 is 4.04. The minimum Gasteiger partial charge on any atom is -0.374 e. The van der Waals surface area contributed by atoms with Crippen molar-refractivity contribution in [2.24, 2.45) is 0 Å². The van der Waals surface area contributed by atoms with Crippen LogP contribution in [0.4, 0.5) is 5.00 Å². The predicted octanol–water partition coefficient (Wildman–Crippen LogP) is 1.46. The third kappa shape index (κ3) is 4.42. The van der Waals surface area contributed by atoms with Gasteiger partial charge in [-0.15, -0.1) is 5.10 Å². The van der Waals surface area contributed by atoms with Crippen LogP contribution in [0.3, 0.4) is 0 Å². The first kappa shape index (κ1) is 15.2. The summed E-state index contributed by atoms with van der Waals surface area (Å²) in [6.45, 7) is 7.52. The van der Waals surface area contributed by atoms with Crippen molar-refractivity contribution in [1.29, 1.82) is 0 Å². The van der Waals surface area contributed by atoms with E-state index in [4.69, 9.17) is 0 Å². The van der Waals surface area contributed by atoms with Crippen LogP contribution in [-0.4, -0.2) is 46.1 Å². The Bertz CT molecular complexity index is 428. The molecule has 1 aliphatic rings. The highest BCUT2D eigenvalue weighted by Crippen LogP contribution is 2.21. The van der Waals surface area contributed by atoms with Crippen LogP contribution >= 0.6 is 11.5 Å². The average molecular weight is 297 g/mol. The second-order valence-corrected chi connectivity index (χ2v) is 5.98. The molecule has 1 aliphatic heterocycles. The molecule has 7 heteroatoms. The molecule has 0 saturated carbocycles. The molecule has 1 amide bonds. The zero-order valence-corrected chi connectivity index (χ0v) is 13.0. The average Bonchev–Trinajstić information content (AvgIpc) is 2.85. The van der Waals surface area contributed by atoms with E-state index in [1.807, 2.05) is 0 Å². The Hall–Kier alpha value is -1.21. The molecule has 0 unspecified atom stereocenters. The van der Waals surface area contributed by atoms with E-state index in [1.54, 1.807) is 6.92 Å². The van der Waals surface area contributed by atoms with Gasteiger partial charge in [0.2, 0.25) is 5.91 Å². The van der Waals surface area contributed by atoms with Gasteiger partial charge in [-0.2, -0.15) is 0 Å². The summed E-state index contributed by atoms with van der Waals surface area (Å²) >= 11 is 1.43. The van der Waals surface area contributed by atoms with Crippen molar-refractivity contribution >= 4 is 22.4 Å². The number of piperidine rings is 1. The highest BCUT2D eigenvalue weighted by Gasteiger charge is 2.21. The molecular weight excluding hydrogens is 274 g/mol. The van der Waals surface area contributed by atoms with Crippen LogP contribution in [0.15, 0.2) is 0 Å². The lowest BCUT2D eigenvalue weighted by Gasteiger charge is -2.31. The van der Waals surface area contributed by atoms with Gasteiger partial charge in [0.1, 0.15) is 10.7 Å². The van der Waals surface area contributed by atoms with Crippen molar-refractivity contribution in [3.63, 3.8) is 0 Å². The number of carbonyl (C=O) groups excluding carboxylic acids is 1. The van der Waals surface area contributed by atoms with Gasteiger partial charge in [0.05, 0.1) is 0 Å². The standard InChI is InChI=1S/C13H23N5OS/c1-3-6-14-13-12(16-17-20-13)9-18-7-4-11(5-8-18)15-10(2)19/h11,14H,3-9H2,1-2H3,(H,15,19). The van der Waals surface area contributed by atoms with Gasteiger partial charge in [0, 0.05) is 50.7 Å². The lowest BCUT2D eigenvalue weighted by molar-refractivity contribution is -0.119. The molecule has 0 bridgehead atoms. The van der Waals surface area contributed by atoms with Crippen LogP contribution in [0.1, 0.15) is 38.8 Å². The largest absolute Gasteiger partial charge is 0.374 e. The fourth-order valence-corrected chi connectivity index (χ4v) is 3.02. The van der Waals surface area contributed by atoms with Crippen molar-refractivity contribution in [2.45, 2.75) is 45.7 Å². The van der Waals surface area contributed by atoms with Crippen LogP contribution in [0.2, 0.25) is 0 Å². The Labute approximate surface area is 124 Å². The molecule has 1 aromatic heterocycles. The van der Waals surface area contributed by atoms with Crippen LogP contribution in [0, 0.1) is 0 Å². The summed E-state index contributed by atoms with van der Waals surface area (Å²) in [5, 5.41) is 11.7. The van der Waals surface area contributed by atoms with Crippen LogP contribution in [-0.2, 0) is 11.3 Å². The molecule has 1 saturated heterocycles. The van der Waals surface area contributed by atoms with E-state index in [0.717, 1.165) is 56.1 Å². The Morgan fingerprint density at radius 1 is 1.45 bits per heavy atom. The zero-order chi connectivity index (χ0) is 14.4. The maximum Gasteiger partial charge on any atom is 0.217 e. The fraction of sp³-hybridized carbons (Fsp3) is 0.769. The lowest BCUT2D eigenvalue weighted by Crippen LogP contribution is -2.43. The zero-order valence-electron chi connectivity index (χ0n) is 12.2. The molecular formula is C13H23N5OS. The van der Waals surface area contributed by atoms with Gasteiger partial charge in [-0.1, -0.05) is 11.4 Å². The topological polar surface area (TPSA) is 70.2 Å². The van der Waals surface area contributed by atoms with E-state index < -0.39 is 0 Å². The molecule has 20 heavy (non-hydrogen) atoms. The van der Waals surface area contributed by atoms with Gasteiger partial charge >= 0.3 is 0 Å². The maximum absolute atomic E-state index is 11.0. The first-order valence-electron chi connectivity index (χ1n) is 7.23. The van der Waals surface area contributed by atoms with Crippen LogP contribution in [0.25, 0.3) is 0 Å². The van der Waals surface area contributed by atoms with E-state index in [9.17, 15) is 4.79 Å². The molecule has 2 rings (SSSR count). The molecule has 0 aromatic carbocycles. The Kier molecular flexibility index (Phi) is 5.72. The highest BCUT2D eigenvalue weighted by molar-refractivity contribution is 7.10. The summed E-state index contributed by atoms with van der Waals surface area (Å²) in [7, 11) is 0. The van der Waals surface area contributed by atoms with Crippen molar-refractivity contribution in [2.75, 3.05) is 25.0 Å². The van der Waals surface area contributed by atoms with Crippen LogP contribution in [0.5, 0.6) is 0 Å². The number of hydrogen-bond acceptors (Lipinski definition) is 6. The summed E-state index contributed by atoms with van der Waals surface area (Å²) in [5.41, 5.74) is 1.04. The number of nitrogens with zero attached hydrogens (tertiary/aromatic N) is 3. The first-order valence-corrected chi connectivity index (χ1v) is 8.01. The maximum atomic E-state index is 11.0. The number of carbonyl (C=O) groups is 1. The molecule has 1 aromatic rings. The van der Waals surface area contributed by atoms with Crippen molar-refractivity contribution in [3.8, 4) is 0 Å². The third-order valence-electron chi connectivity index (χ3n) is 3.46. The number of likely N-dealkylation sites (tertiary alicyclic amines) is 1. The molecule has 2 N–H and O–H groups in total. The Morgan fingerprint density at radius 2 is 2.20 bits per heavy atom. The van der Waals surface area contributed by atoms with Gasteiger partial charge < -0.3 is 10.6 Å². The molecule has 0 atom stereocenters. The molecule has 6 nitrogen and oxygen atoms in total. The van der Waals surface area contributed by atoms with Crippen molar-refractivity contribution < 1.29 is 4.79 Å².